The van der Waals surface area contributed by atoms with Crippen molar-refractivity contribution in [2.24, 2.45) is 5.10 Å². The van der Waals surface area contributed by atoms with Crippen molar-refractivity contribution in [1.29, 1.82) is 0 Å². The molecule has 8 heteroatoms. The Morgan fingerprint density at radius 2 is 2.21 bits per heavy atom. The number of thiophene rings is 2. The molecule has 0 bridgehead atoms. The number of nitrogens with zero attached hydrogens (tertiary/aromatic N) is 2. The molecule has 0 atom stereocenters. The van der Waals surface area contributed by atoms with Crippen LogP contribution in [0.3, 0.4) is 0 Å². The lowest BCUT2D eigenvalue weighted by Crippen LogP contribution is -2.23. The Hall–Kier alpha value is -2.32. The van der Waals surface area contributed by atoms with E-state index in [9.17, 15) is 9.59 Å². The number of H-pyrrole nitrogens is 1. The van der Waals surface area contributed by atoms with Gasteiger partial charge in [0.05, 0.1) is 17.5 Å². The van der Waals surface area contributed by atoms with Crippen LogP contribution in [0.25, 0.3) is 10.2 Å². The molecule has 124 valence electrons. The van der Waals surface area contributed by atoms with E-state index in [4.69, 9.17) is 0 Å². The Labute approximate surface area is 146 Å². The van der Waals surface area contributed by atoms with Crippen molar-refractivity contribution >= 4 is 44.5 Å². The standard InChI is InChI=1S/C16H16N4O2S2/c1-8-10(3)24-16-14(8)15(22)17-12(18-16)7-13(21)20-19-9(2)11-5-4-6-23-11/h4-6H,7H2,1-3H3,(H,20,21)(H,17,18,22)/b19-9-. The number of hydrogen-bond acceptors (Lipinski definition) is 6. The number of nitrogens with one attached hydrogen (secondary N) is 2. The first kappa shape index (κ1) is 16.5. The van der Waals surface area contributed by atoms with Crippen LogP contribution in [0.1, 0.15) is 28.1 Å². The molecular weight excluding hydrogens is 344 g/mol. The van der Waals surface area contributed by atoms with Gasteiger partial charge in [-0.15, -0.1) is 22.7 Å². The van der Waals surface area contributed by atoms with Crippen LogP contribution >= 0.6 is 22.7 Å². The molecule has 0 unspecified atom stereocenters. The van der Waals surface area contributed by atoms with Crippen LogP contribution in [0, 0.1) is 13.8 Å². The van der Waals surface area contributed by atoms with Crippen LogP contribution in [-0.2, 0) is 11.2 Å². The number of aromatic nitrogens is 2. The molecule has 0 aliphatic heterocycles. The van der Waals surface area contributed by atoms with E-state index in [0.29, 0.717) is 16.0 Å². The van der Waals surface area contributed by atoms with Crippen molar-refractivity contribution < 1.29 is 4.79 Å². The third-order valence-electron chi connectivity index (χ3n) is 3.64. The normalized spacial score (nSPS) is 11.9. The van der Waals surface area contributed by atoms with Gasteiger partial charge >= 0.3 is 0 Å². The summed E-state index contributed by atoms with van der Waals surface area (Å²) in [7, 11) is 0. The summed E-state index contributed by atoms with van der Waals surface area (Å²) in [6.07, 6.45) is -0.0254. The third kappa shape index (κ3) is 3.29. The molecule has 3 aromatic heterocycles. The zero-order chi connectivity index (χ0) is 17.3. The van der Waals surface area contributed by atoms with Crippen LogP contribution in [0.4, 0.5) is 0 Å². The van der Waals surface area contributed by atoms with Crippen molar-refractivity contribution in [3.8, 4) is 0 Å². The van der Waals surface area contributed by atoms with Gasteiger partial charge in [0.25, 0.3) is 5.56 Å². The lowest BCUT2D eigenvalue weighted by atomic mass is 10.2. The summed E-state index contributed by atoms with van der Waals surface area (Å²) in [4.78, 5) is 34.0. The average molecular weight is 360 g/mol. The van der Waals surface area contributed by atoms with Gasteiger partial charge in [0.2, 0.25) is 5.91 Å². The van der Waals surface area contributed by atoms with Gasteiger partial charge in [-0.3, -0.25) is 9.59 Å². The van der Waals surface area contributed by atoms with E-state index in [1.807, 2.05) is 38.3 Å². The largest absolute Gasteiger partial charge is 0.309 e. The summed E-state index contributed by atoms with van der Waals surface area (Å²) < 4.78 is 0. The second kappa shape index (κ2) is 6.66. The highest BCUT2D eigenvalue weighted by Crippen LogP contribution is 2.25. The van der Waals surface area contributed by atoms with E-state index in [0.717, 1.165) is 21.0 Å². The molecule has 0 fully saturated rings. The summed E-state index contributed by atoms with van der Waals surface area (Å²) in [6, 6.07) is 3.86. The minimum Gasteiger partial charge on any atom is -0.309 e. The first-order valence-electron chi connectivity index (χ1n) is 7.31. The zero-order valence-electron chi connectivity index (χ0n) is 13.5. The van der Waals surface area contributed by atoms with E-state index in [2.05, 4.69) is 20.5 Å². The molecule has 1 amide bonds. The Kier molecular flexibility index (Phi) is 4.59. The van der Waals surface area contributed by atoms with Gasteiger partial charge in [-0.1, -0.05) is 6.07 Å². The quantitative estimate of drug-likeness (QED) is 0.554. The molecule has 2 N–H and O–H groups in total. The number of aromatic amines is 1. The number of aryl methyl sites for hydroxylation is 2. The SMILES string of the molecule is C/C(=N/NC(=O)Cc1nc2sc(C)c(C)c2c(=O)[nH]1)c1cccs1. The molecule has 3 heterocycles. The molecule has 0 aliphatic carbocycles. The predicted molar refractivity (Wildman–Crippen MR) is 98.1 cm³/mol. The lowest BCUT2D eigenvalue weighted by Gasteiger charge is -2.02. The number of hydrazone groups is 1. The highest BCUT2D eigenvalue weighted by Gasteiger charge is 2.13. The highest BCUT2D eigenvalue weighted by molar-refractivity contribution is 7.18. The number of carbonyl (C=O) groups is 1. The summed E-state index contributed by atoms with van der Waals surface area (Å²) in [5.41, 5.74) is 3.97. The molecule has 6 nitrogen and oxygen atoms in total. The summed E-state index contributed by atoms with van der Waals surface area (Å²) in [5.74, 6) is 0.0219. The van der Waals surface area contributed by atoms with E-state index < -0.39 is 0 Å². The van der Waals surface area contributed by atoms with Crippen LogP contribution in [0.5, 0.6) is 0 Å². The number of fused-ring (bicyclic) bond motifs is 1. The van der Waals surface area contributed by atoms with Crippen molar-refractivity contribution in [2.75, 3.05) is 0 Å². The van der Waals surface area contributed by atoms with Crippen molar-refractivity contribution in [2.45, 2.75) is 27.2 Å². The number of hydrogen-bond donors (Lipinski definition) is 2. The highest BCUT2D eigenvalue weighted by atomic mass is 32.1. The minimum atomic E-state index is -0.321. The average Bonchev–Trinajstić information content (AvgIpc) is 3.14. The lowest BCUT2D eigenvalue weighted by molar-refractivity contribution is -0.120. The van der Waals surface area contributed by atoms with Gasteiger partial charge in [0, 0.05) is 9.75 Å². The first-order chi connectivity index (χ1) is 11.5. The maximum Gasteiger partial charge on any atom is 0.259 e. The molecule has 0 saturated carbocycles. The molecule has 0 spiro atoms. The minimum absolute atomic E-state index is 0.0254. The predicted octanol–water partition coefficient (Wildman–Crippen LogP) is 2.75. The monoisotopic (exact) mass is 360 g/mol. The molecular formula is C16H16N4O2S2. The Morgan fingerprint density at radius 3 is 2.92 bits per heavy atom. The van der Waals surface area contributed by atoms with Crippen LogP contribution < -0.4 is 11.0 Å². The molecule has 0 radical (unpaired) electrons. The van der Waals surface area contributed by atoms with Crippen LogP contribution in [-0.4, -0.2) is 21.6 Å². The Balaban J connectivity index is 1.76. The van der Waals surface area contributed by atoms with Gasteiger partial charge in [0.1, 0.15) is 10.7 Å². The summed E-state index contributed by atoms with van der Waals surface area (Å²) in [5, 5.41) is 6.63. The molecule has 3 aromatic rings. The molecule has 24 heavy (non-hydrogen) atoms. The number of amides is 1. The fourth-order valence-electron chi connectivity index (χ4n) is 2.26. The van der Waals surface area contributed by atoms with Crippen molar-refractivity contribution in [3.05, 3.63) is 49.0 Å². The van der Waals surface area contributed by atoms with Gasteiger partial charge in [-0.05, 0) is 37.8 Å². The van der Waals surface area contributed by atoms with Crippen molar-refractivity contribution in [3.63, 3.8) is 0 Å². The van der Waals surface area contributed by atoms with Crippen LogP contribution in [0.15, 0.2) is 27.4 Å². The molecule has 0 aromatic carbocycles. The number of rotatable bonds is 4. The van der Waals surface area contributed by atoms with E-state index in [1.165, 1.54) is 11.3 Å². The number of carbonyl (C=O) groups excluding carboxylic acids is 1. The van der Waals surface area contributed by atoms with Crippen LogP contribution in [0.2, 0.25) is 0 Å². The maximum absolute atomic E-state index is 12.2. The van der Waals surface area contributed by atoms with E-state index in [-0.39, 0.29) is 17.9 Å². The molecule has 0 aliphatic rings. The maximum atomic E-state index is 12.2. The summed E-state index contributed by atoms with van der Waals surface area (Å²) >= 11 is 3.01. The molecule has 0 saturated heterocycles. The first-order valence-corrected chi connectivity index (χ1v) is 9.01. The van der Waals surface area contributed by atoms with Gasteiger partial charge in [0.15, 0.2) is 0 Å². The smallest absolute Gasteiger partial charge is 0.259 e. The van der Waals surface area contributed by atoms with Gasteiger partial charge < -0.3 is 4.98 Å². The third-order valence-corrected chi connectivity index (χ3v) is 5.72. The van der Waals surface area contributed by atoms with Gasteiger partial charge in [-0.25, -0.2) is 10.4 Å². The van der Waals surface area contributed by atoms with E-state index >= 15 is 0 Å². The fourth-order valence-corrected chi connectivity index (χ4v) is 3.99. The Morgan fingerprint density at radius 1 is 1.42 bits per heavy atom. The second-order valence-corrected chi connectivity index (χ2v) is 7.51. The molecule has 3 rings (SSSR count). The topological polar surface area (TPSA) is 87.2 Å². The fraction of sp³-hybridized carbons (Fsp3) is 0.250. The van der Waals surface area contributed by atoms with Gasteiger partial charge in [-0.2, -0.15) is 5.10 Å². The van der Waals surface area contributed by atoms with Crippen molar-refractivity contribution in [1.82, 2.24) is 15.4 Å². The Bertz CT molecular complexity index is 984. The zero-order valence-corrected chi connectivity index (χ0v) is 15.1. The van der Waals surface area contributed by atoms with E-state index in [1.54, 1.807) is 11.3 Å². The second-order valence-electron chi connectivity index (χ2n) is 5.36. The summed E-state index contributed by atoms with van der Waals surface area (Å²) in [6.45, 7) is 5.69.